The fraction of sp³-hybridized carbons (Fsp3) is 0.860. The molecule has 0 saturated carbocycles. The Kier molecular flexibility index (Phi) is 28.6. The van der Waals surface area contributed by atoms with Crippen molar-refractivity contribution in [2.24, 2.45) is 0 Å². The van der Waals surface area contributed by atoms with E-state index in [-0.39, 0.29) is 26.1 Å². The Morgan fingerprint density at radius 3 is 1.62 bits per heavy atom. The van der Waals surface area contributed by atoms with Crippen LogP contribution in [-0.4, -0.2) is 142 Å². The number of carbonyl (C=O) groups is 2. The lowest BCUT2D eigenvalue weighted by Crippen LogP contribution is -2.61. The number of carbonyl (C=O) groups excluding carboxylic acids is 2. The third-order valence-electron chi connectivity index (χ3n) is 10.4. The minimum absolute atomic E-state index is 0.151. The molecule has 2 rings (SSSR count). The summed E-state index contributed by atoms with van der Waals surface area (Å²) in [5.74, 6) is -0.952. The van der Waals surface area contributed by atoms with Crippen molar-refractivity contribution in [2.75, 3.05) is 26.4 Å². The zero-order valence-corrected chi connectivity index (χ0v) is 35.0. The number of aliphatic hydroxyl groups is 7. The van der Waals surface area contributed by atoms with E-state index in [1.54, 1.807) is 0 Å². The lowest BCUT2D eigenvalue weighted by Gasteiger charge is -2.42. The van der Waals surface area contributed by atoms with E-state index in [2.05, 4.69) is 38.2 Å². The normalized spacial score (nSPS) is 28.3. The molecule has 0 amide bonds. The van der Waals surface area contributed by atoms with Gasteiger partial charge in [0.25, 0.3) is 0 Å². The van der Waals surface area contributed by atoms with Crippen molar-refractivity contribution in [1.82, 2.24) is 0 Å². The summed E-state index contributed by atoms with van der Waals surface area (Å²) < 4.78 is 33.3. The monoisotopic (exact) mass is 833 g/mol. The van der Waals surface area contributed by atoms with Crippen LogP contribution in [0.4, 0.5) is 0 Å². The van der Waals surface area contributed by atoms with Crippen LogP contribution < -0.4 is 0 Å². The molecular formula is C43H76O15. The summed E-state index contributed by atoms with van der Waals surface area (Å²) in [6, 6.07) is 0. The molecule has 0 spiro atoms. The molecule has 7 N–H and O–H groups in total. The van der Waals surface area contributed by atoms with Gasteiger partial charge in [0.1, 0.15) is 55.4 Å². The molecule has 0 aliphatic carbocycles. The van der Waals surface area contributed by atoms with Gasteiger partial charge in [-0.05, 0) is 44.9 Å². The highest BCUT2D eigenvalue weighted by atomic mass is 16.7. The molecule has 0 radical (unpaired) electrons. The van der Waals surface area contributed by atoms with Crippen molar-refractivity contribution in [2.45, 2.75) is 210 Å². The highest BCUT2D eigenvalue weighted by Crippen LogP contribution is 2.26. The van der Waals surface area contributed by atoms with Crippen molar-refractivity contribution in [1.29, 1.82) is 0 Å². The molecule has 15 heteroatoms. The Hall–Kier alpha value is -2.02. The van der Waals surface area contributed by atoms with E-state index >= 15 is 0 Å². The predicted octanol–water partition coefficient (Wildman–Crippen LogP) is 4.04. The Balaban J connectivity index is 1.84. The van der Waals surface area contributed by atoms with Gasteiger partial charge in [-0.25, -0.2) is 0 Å². The van der Waals surface area contributed by atoms with Crippen LogP contribution in [0.2, 0.25) is 0 Å². The lowest BCUT2D eigenvalue weighted by molar-refractivity contribution is -0.332. The maximum absolute atomic E-state index is 12.9. The number of hydrogen-bond acceptors (Lipinski definition) is 15. The molecule has 15 nitrogen and oxygen atoms in total. The second-order valence-electron chi connectivity index (χ2n) is 15.5. The number of aliphatic hydroxyl groups excluding tert-OH is 7. The quantitative estimate of drug-likeness (QED) is 0.0288. The van der Waals surface area contributed by atoms with E-state index < -0.39 is 92.7 Å². The Bertz CT molecular complexity index is 1120. The minimum atomic E-state index is -1.76. The van der Waals surface area contributed by atoms with Crippen LogP contribution in [0.15, 0.2) is 24.3 Å². The van der Waals surface area contributed by atoms with E-state index in [1.165, 1.54) is 25.7 Å². The van der Waals surface area contributed by atoms with Gasteiger partial charge in [-0.3, -0.25) is 9.59 Å². The molecule has 2 heterocycles. The molecule has 0 aromatic heterocycles. The van der Waals surface area contributed by atoms with Crippen LogP contribution in [0.3, 0.4) is 0 Å². The lowest BCUT2D eigenvalue weighted by atomic mass is 9.98. The minimum Gasteiger partial charge on any atom is -0.462 e. The second kappa shape index (κ2) is 31.8. The standard InChI is InChI=1S/C43H76O15/c1-3-5-7-9-11-12-13-14-15-16-17-18-19-20-22-24-26-35(46)56-31(28-53-34(45)25-23-21-10-8-6-4-2)29-54-42-41(52)39(50)37(48)33(58-42)30-55-43-40(51)38(49)36(47)32(27-44)57-43/h12-13,15-16,31-33,36-44,47-52H,3-11,14,17-30H2,1-2H3/b13-12-,16-15-. The number of unbranched alkanes of at least 4 members (excludes halogenated alkanes) is 14. The summed E-state index contributed by atoms with van der Waals surface area (Å²) in [6.07, 6.45) is 11.2. The third kappa shape index (κ3) is 21.0. The van der Waals surface area contributed by atoms with E-state index in [0.717, 1.165) is 77.0 Å². The summed E-state index contributed by atoms with van der Waals surface area (Å²) >= 11 is 0. The largest absolute Gasteiger partial charge is 0.462 e. The van der Waals surface area contributed by atoms with Crippen molar-refractivity contribution in [3.63, 3.8) is 0 Å². The number of esters is 2. The summed E-state index contributed by atoms with van der Waals surface area (Å²) in [6.45, 7) is 2.45. The first-order valence-corrected chi connectivity index (χ1v) is 21.9. The first-order valence-electron chi connectivity index (χ1n) is 21.9. The first-order chi connectivity index (χ1) is 28.0. The molecule has 0 aromatic rings. The Morgan fingerprint density at radius 2 is 1.03 bits per heavy atom. The maximum Gasteiger partial charge on any atom is 0.306 e. The number of ether oxygens (including phenoxy) is 6. The van der Waals surface area contributed by atoms with Crippen molar-refractivity contribution in [3.05, 3.63) is 24.3 Å². The molecular weight excluding hydrogens is 756 g/mol. The van der Waals surface area contributed by atoms with Gasteiger partial charge < -0.3 is 64.2 Å². The molecule has 2 saturated heterocycles. The molecule has 0 aromatic carbocycles. The van der Waals surface area contributed by atoms with Gasteiger partial charge in [0.2, 0.25) is 0 Å². The van der Waals surface area contributed by atoms with Gasteiger partial charge in [-0.15, -0.1) is 0 Å². The fourth-order valence-electron chi connectivity index (χ4n) is 6.72. The second-order valence-corrected chi connectivity index (χ2v) is 15.5. The SMILES string of the molecule is CCCCCC/C=C\C/C=C\CCCCCCCC(=O)OC(COC(=O)CCCCCCCC)COC1OC(COC2OC(CO)C(O)C(O)C2O)C(O)C(O)C1O. The molecule has 0 bridgehead atoms. The van der Waals surface area contributed by atoms with Crippen LogP contribution in [0.5, 0.6) is 0 Å². The van der Waals surface area contributed by atoms with Gasteiger partial charge in [0.05, 0.1) is 19.8 Å². The molecule has 338 valence electrons. The summed E-state index contributed by atoms with van der Waals surface area (Å²) in [7, 11) is 0. The number of allylic oxidation sites excluding steroid dienone is 4. The van der Waals surface area contributed by atoms with Crippen molar-refractivity contribution >= 4 is 11.9 Å². The van der Waals surface area contributed by atoms with Gasteiger partial charge in [0, 0.05) is 12.8 Å². The third-order valence-corrected chi connectivity index (χ3v) is 10.4. The van der Waals surface area contributed by atoms with Crippen LogP contribution in [0, 0.1) is 0 Å². The highest BCUT2D eigenvalue weighted by molar-refractivity contribution is 5.70. The average molecular weight is 833 g/mol. The van der Waals surface area contributed by atoms with Gasteiger partial charge in [-0.2, -0.15) is 0 Å². The van der Waals surface area contributed by atoms with Crippen LogP contribution in [0.25, 0.3) is 0 Å². The van der Waals surface area contributed by atoms with E-state index in [0.29, 0.717) is 12.8 Å². The predicted molar refractivity (Wildman–Crippen MR) is 215 cm³/mol. The summed E-state index contributed by atoms with van der Waals surface area (Å²) in [5.41, 5.74) is 0. The first kappa shape index (κ1) is 52.1. The molecule has 58 heavy (non-hydrogen) atoms. The molecule has 2 fully saturated rings. The van der Waals surface area contributed by atoms with Crippen LogP contribution >= 0.6 is 0 Å². The fourth-order valence-corrected chi connectivity index (χ4v) is 6.72. The van der Waals surface area contributed by atoms with E-state index in [9.17, 15) is 45.3 Å². The van der Waals surface area contributed by atoms with Crippen LogP contribution in [-0.2, 0) is 38.0 Å². The number of rotatable bonds is 32. The Labute approximate surface area is 345 Å². The molecule has 11 atom stereocenters. The van der Waals surface area contributed by atoms with E-state index in [1.807, 2.05) is 0 Å². The van der Waals surface area contributed by atoms with Gasteiger partial charge >= 0.3 is 11.9 Å². The zero-order valence-electron chi connectivity index (χ0n) is 35.0. The summed E-state index contributed by atoms with van der Waals surface area (Å²) in [4.78, 5) is 25.4. The zero-order chi connectivity index (χ0) is 42.5. The topological polar surface area (TPSA) is 231 Å². The molecule has 2 aliphatic heterocycles. The highest BCUT2D eigenvalue weighted by Gasteiger charge is 2.47. The van der Waals surface area contributed by atoms with Crippen molar-refractivity contribution < 1.29 is 73.8 Å². The van der Waals surface area contributed by atoms with Crippen LogP contribution in [0.1, 0.15) is 142 Å². The number of hydrogen-bond donors (Lipinski definition) is 7. The molecule has 2 aliphatic rings. The van der Waals surface area contributed by atoms with E-state index in [4.69, 9.17) is 28.4 Å². The Morgan fingerprint density at radius 1 is 0.552 bits per heavy atom. The average Bonchev–Trinajstić information content (AvgIpc) is 3.21. The van der Waals surface area contributed by atoms with Gasteiger partial charge in [-0.1, -0.05) is 109 Å². The van der Waals surface area contributed by atoms with Gasteiger partial charge in [0.15, 0.2) is 18.7 Å². The maximum atomic E-state index is 12.9. The smallest absolute Gasteiger partial charge is 0.306 e. The van der Waals surface area contributed by atoms with Crippen molar-refractivity contribution in [3.8, 4) is 0 Å². The molecule has 11 unspecified atom stereocenters. The summed E-state index contributed by atoms with van der Waals surface area (Å²) in [5, 5.41) is 71.6.